The third kappa shape index (κ3) is 48.5. The number of unbranched alkanes of at least 4 members (excludes halogenated alkanes) is 7. The Morgan fingerprint density at radius 1 is 0.528 bits per heavy atom. The van der Waals surface area contributed by atoms with Gasteiger partial charge in [-0.2, -0.15) is 0 Å². The molecule has 0 radical (unpaired) electrons. The summed E-state index contributed by atoms with van der Waals surface area (Å²) in [6.45, 7) is 20.9. The Morgan fingerprint density at radius 2 is 0.889 bits per heavy atom. The van der Waals surface area contributed by atoms with E-state index in [4.69, 9.17) is 4.74 Å². The first-order valence-corrected chi connectivity index (χ1v) is 12.7. The Kier molecular flexibility index (Phi) is 41.0. The zero-order valence-electron chi connectivity index (χ0n) is 23.3. The summed E-state index contributed by atoms with van der Waals surface area (Å²) < 4.78 is 18.4. The lowest BCUT2D eigenvalue weighted by Gasteiger charge is -2.01. The van der Waals surface area contributed by atoms with E-state index < -0.39 is 0 Å². The molecule has 0 N–H and O–H groups in total. The Labute approximate surface area is 219 Å². The molecule has 0 rings (SSSR count). The van der Waals surface area contributed by atoms with Crippen LogP contribution in [0.2, 0.25) is 0 Å². The molecule has 0 aromatic rings. The van der Waals surface area contributed by atoms with Crippen molar-refractivity contribution in [1.82, 2.24) is 0 Å². The monoisotopic (exact) mass is 514 g/mol. The van der Waals surface area contributed by atoms with E-state index in [1.165, 1.54) is 51.2 Å². The molecule has 0 saturated carbocycles. The average molecular weight is 515 g/mol. The second-order valence-corrected chi connectivity index (χ2v) is 7.10. The van der Waals surface area contributed by atoms with E-state index in [9.17, 15) is 19.2 Å². The van der Waals surface area contributed by atoms with Gasteiger partial charge in [-0.1, -0.05) is 78.5 Å². The van der Waals surface area contributed by atoms with Gasteiger partial charge in [-0.25, -0.2) is 14.4 Å². The van der Waals surface area contributed by atoms with E-state index in [1.54, 1.807) is 13.8 Å². The number of carbonyl (C=O) groups is 4. The normalized spacial score (nSPS) is 8.69. The SMILES string of the molecule is C=CC(=O)OCC.C=CC(=O)OCCCC.C=CC(=O)OCCCCCCCCC.CCOC(C)=O. The number of esters is 4. The van der Waals surface area contributed by atoms with Crippen LogP contribution in [0.15, 0.2) is 38.0 Å². The van der Waals surface area contributed by atoms with Gasteiger partial charge in [0.15, 0.2) is 0 Å². The summed E-state index contributed by atoms with van der Waals surface area (Å²) in [5.74, 6) is -1.21. The van der Waals surface area contributed by atoms with Crippen molar-refractivity contribution in [2.24, 2.45) is 0 Å². The first-order valence-electron chi connectivity index (χ1n) is 12.7. The Morgan fingerprint density at radius 3 is 1.19 bits per heavy atom. The molecule has 8 heteroatoms. The van der Waals surface area contributed by atoms with E-state index >= 15 is 0 Å². The minimum atomic E-state index is -0.359. The molecule has 0 atom stereocenters. The van der Waals surface area contributed by atoms with Crippen molar-refractivity contribution >= 4 is 23.9 Å². The molecule has 0 amide bonds. The molecule has 0 aliphatic rings. The van der Waals surface area contributed by atoms with Crippen LogP contribution >= 0.6 is 0 Å². The van der Waals surface area contributed by atoms with Crippen LogP contribution in [0.25, 0.3) is 0 Å². The maximum atomic E-state index is 10.6. The number of hydrogen-bond donors (Lipinski definition) is 0. The number of hydrogen-bond acceptors (Lipinski definition) is 8. The lowest BCUT2D eigenvalue weighted by atomic mass is 10.1. The molecule has 0 aliphatic carbocycles. The van der Waals surface area contributed by atoms with Crippen LogP contribution in [-0.2, 0) is 38.1 Å². The van der Waals surface area contributed by atoms with Crippen LogP contribution in [0.3, 0.4) is 0 Å². The number of rotatable bonds is 16. The maximum Gasteiger partial charge on any atom is 0.330 e. The molecular formula is C28H50O8. The van der Waals surface area contributed by atoms with Crippen LogP contribution in [0, 0.1) is 0 Å². The molecule has 0 aliphatic heterocycles. The van der Waals surface area contributed by atoms with Gasteiger partial charge in [0.1, 0.15) is 0 Å². The van der Waals surface area contributed by atoms with E-state index in [1.807, 2.05) is 6.92 Å². The predicted octanol–water partition coefficient (Wildman–Crippen LogP) is 6.29. The lowest BCUT2D eigenvalue weighted by Crippen LogP contribution is -2.01. The zero-order chi connectivity index (χ0) is 28.5. The van der Waals surface area contributed by atoms with Crippen molar-refractivity contribution in [1.29, 1.82) is 0 Å². The van der Waals surface area contributed by atoms with Gasteiger partial charge in [-0.05, 0) is 26.7 Å². The van der Waals surface area contributed by atoms with Crippen LogP contribution < -0.4 is 0 Å². The molecule has 0 bridgehead atoms. The van der Waals surface area contributed by atoms with Gasteiger partial charge in [0, 0.05) is 25.2 Å². The Hall–Kier alpha value is -2.90. The van der Waals surface area contributed by atoms with E-state index in [-0.39, 0.29) is 23.9 Å². The molecule has 0 heterocycles. The van der Waals surface area contributed by atoms with Crippen LogP contribution in [0.1, 0.15) is 92.4 Å². The van der Waals surface area contributed by atoms with Gasteiger partial charge in [0.05, 0.1) is 26.4 Å². The molecule has 36 heavy (non-hydrogen) atoms. The van der Waals surface area contributed by atoms with Gasteiger partial charge in [-0.3, -0.25) is 4.79 Å². The third-order valence-corrected chi connectivity index (χ3v) is 3.87. The topological polar surface area (TPSA) is 105 Å². The van der Waals surface area contributed by atoms with E-state index in [0.29, 0.717) is 26.4 Å². The second kappa shape index (κ2) is 36.7. The highest BCUT2D eigenvalue weighted by molar-refractivity contribution is 5.81. The molecule has 0 spiro atoms. The first kappa shape index (κ1) is 40.3. The quantitative estimate of drug-likeness (QED) is 0.102. The van der Waals surface area contributed by atoms with Crippen molar-refractivity contribution in [2.45, 2.75) is 92.4 Å². The summed E-state index contributed by atoms with van der Waals surface area (Å²) in [5.41, 5.74) is 0. The standard InChI is InChI=1S/C12H22O2.C7H12O2.C5H8O2.C4H8O2/c1-3-5-6-7-8-9-10-11-14-12(13)4-2;1-3-5-6-9-7(8)4-2;1-3-5(6)7-4-2;1-3-6-4(2)5/h4H,2-3,5-11H2,1H3;4H,2-3,5-6H2,1H3;3H,1,4H2,2H3;3H2,1-2H3. The molecule has 8 nitrogen and oxygen atoms in total. The van der Waals surface area contributed by atoms with Crippen molar-refractivity contribution in [2.75, 3.05) is 26.4 Å². The van der Waals surface area contributed by atoms with Crippen molar-refractivity contribution in [3.05, 3.63) is 38.0 Å². The molecule has 210 valence electrons. The highest BCUT2D eigenvalue weighted by atomic mass is 16.5. The van der Waals surface area contributed by atoms with Crippen LogP contribution in [0.5, 0.6) is 0 Å². The number of ether oxygens (including phenoxy) is 4. The minimum absolute atomic E-state index is 0.211. The summed E-state index contributed by atoms with van der Waals surface area (Å²) in [5, 5.41) is 0. The fourth-order valence-electron chi connectivity index (χ4n) is 2.07. The van der Waals surface area contributed by atoms with Gasteiger partial charge in [-0.15, -0.1) is 0 Å². The molecular weight excluding hydrogens is 464 g/mol. The van der Waals surface area contributed by atoms with Crippen molar-refractivity contribution in [3.8, 4) is 0 Å². The molecule has 0 fully saturated rings. The fraction of sp³-hybridized carbons (Fsp3) is 0.643. The van der Waals surface area contributed by atoms with E-state index in [2.05, 4.69) is 40.9 Å². The van der Waals surface area contributed by atoms with Gasteiger partial charge in [0.25, 0.3) is 0 Å². The lowest BCUT2D eigenvalue weighted by molar-refractivity contribution is -0.140. The highest BCUT2D eigenvalue weighted by Crippen LogP contribution is 2.06. The fourth-order valence-corrected chi connectivity index (χ4v) is 2.07. The minimum Gasteiger partial charge on any atom is -0.466 e. The zero-order valence-corrected chi connectivity index (χ0v) is 23.3. The molecule has 0 aromatic heterocycles. The summed E-state index contributed by atoms with van der Waals surface area (Å²) >= 11 is 0. The summed E-state index contributed by atoms with van der Waals surface area (Å²) in [7, 11) is 0. The van der Waals surface area contributed by atoms with Crippen molar-refractivity contribution < 1.29 is 38.1 Å². The van der Waals surface area contributed by atoms with Gasteiger partial charge in [0.2, 0.25) is 0 Å². The Balaban J connectivity index is -0.000000202. The predicted molar refractivity (Wildman–Crippen MR) is 144 cm³/mol. The molecule has 0 saturated heterocycles. The smallest absolute Gasteiger partial charge is 0.330 e. The average Bonchev–Trinajstić information content (AvgIpc) is 2.86. The molecule has 0 unspecified atom stereocenters. The van der Waals surface area contributed by atoms with Gasteiger partial charge < -0.3 is 18.9 Å². The Bertz CT molecular complexity index is 570. The maximum absolute atomic E-state index is 10.6. The van der Waals surface area contributed by atoms with Crippen LogP contribution in [0.4, 0.5) is 0 Å². The highest BCUT2D eigenvalue weighted by Gasteiger charge is 1.95. The van der Waals surface area contributed by atoms with Gasteiger partial charge >= 0.3 is 23.9 Å². The second-order valence-electron chi connectivity index (χ2n) is 7.10. The van der Waals surface area contributed by atoms with E-state index in [0.717, 1.165) is 31.8 Å². The summed E-state index contributed by atoms with van der Waals surface area (Å²) in [6, 6.07) is 0. The molecule has 0 aromatic carbocycles. The third-order valence-electron chi connectivity index (χ3n) is 3.87. The summed E-state index contributed by atoms with van der Waals surface area (Å²) in [4.78, 5) is 40.9. The first-order chi connectivity index (χ1) is 17.2. The van der Waals surface area contributed by atoms with Crippen molar-refractivity contribution in [3.63, 3.8) is 0 Å². The van der Waals surface area contributed by atoms with Crippen LogP contribution in [-0.4, -0.2) is 50.3 Å². The summed E-state index contributed by atoms with van der Waals surface area (Å²) in [6.07, 6.45) is 14.2. The largest absolute Gasteiger partial charge is 0.466 e. The number of carbonyl (C=O) groups excluding carboxylic acids is 4.